The number of pyridine rings is 1. The van der Waals surface area contributed by atoms with E-state index in [0.717, 1.165) is 11.3 Å². The fourth-order valence-corrected chi connectivity index (χ4v) is 5.52. The van der Waals surface area contributed by atoms with Crippen LogP contribution in [0.5, 0.6) is 17.4 Å². The van der Waals surface area contributed by atoms with Gasteiger partial charge in [0.2, 0.25) is 11.8 Å². The second-order valence-electron chi connectivity index (χ2n) is 9.14. The largest absolute Gasteiger partial charge is 0.586 e. The number of rotatable bonds is 7. The van der Waals surface area contributed by atoms with Crippen LogP contribution in [0.4, 0.5) is 22.7 Å². The van der Waals surface area contributed by atoms with Gasteiger partial charge in [-0.3, -0.25) is 9.69 Å². The number of methoxy groups -OCH3 is 1. The van der Waals surface area contributed by atoms with E-state index >= 15 is 8.78 Å². The highest BCUT2D eigenvalue weighted by Gasteiger charge is 2.47. The number of nitrogens with zero attached hydrogens (tertiary/aromatic N) is 3. The summed E-state index contributed by atoms with van der Waals surface area (Å²) >= 11 is 1.07. The Kier molecular flexibility index (Phi) is 6.82. The summed E-state index contributed by atoms with van der Waals surface area (Å²) in [5.41, 5.74) is 1.38. The minimum Gasteiger partial charge on any atom is -0.481 e. The van der Waals surface area contributed by atoms with Crippen molar-refractivity contribution in [2.24, 2.45) is 0 Å². The number of piperidine rings is 1. The zero-order valence-electron chi connectivity index (χ0n) is 20.7. The van der Waals surface area contributed by atoms with Gasteiger partial charge in [-0.25, -0.2) is 18.7 Å². The predicted octanol–water partition coefficient (Wildman–Crippen LogP) is 4.19. The van der Waals surface area contributed by atoms with Gasteiger partial charge < -0.3 is 24.8 Å². The van der Waals surface area contributed by atoms with Gasteiger partial charge in [0.05, 0.1) is 29.3 Å². The van der Waals surface area contributed by atoms with Gasteiger partial charge in [0.25, 0.3) is 5.92 Å². The number of halogens is 4. The Morgan fingerprint density at radius 1 is 1.26 bits per heavy atom. The molecule has 1 unspecified atom stereocenters. The standard InChI is InChI=1S/C24H25F4N5O4S/c1-12(20(34)32-22-31-16-7-17-18(8-19(16)38-22)37-24(27,28)36-17)33-5-4-23(25,26)15(11-33)13-6-14(9-29-2)21(35-3)30-10-13/h6-8,10,12,15,29H,4-5,9,11H2,1-3H3,(H,31,32,34)/t12-,15?/m0/s1. The highest BCUT2D eigenvalue weighted by atomic mass is 32.1. The first kappa shape index (κ1) is 26.4. The molecule has 1 fully saturated rings. The van der Waals surface area contributed by atoms with Gasteiger partial charge in [0.1, 0.15) is 0 Å². The number of hydrogen-bond acceptors (Lipinski definition) is 9. The van der Waals surface area contributed by atoms with Crippen molar-refractivity contribution in [2.75, 3.05) is 32.6 Å². The molecule has 0 aliphatic carbocycles. The number of aromatic nitrogens is 2. The zero-order chi connectivity index (χ0) is 27.2. The molecular formula is C24H25F4N5O4S. The topological polar surface area (TPSA) is 97.8 Å². The quantitative estimate of drug-likeness (QED) is 0.419. The predicted molar refractivity (Wildman–Crippen MR) is 131 cm³/mol. The summed E-state index contributed by atoms with van der Waals surface area (Å²) in [6.45, 7) is 2.02. The molecular weight excluding hydrogens is 530 g/mol. The van der Waals surface area contributed by atoms with Crippen molar-refractivity contribution < 1.29 is 36.6 Å². The molecule has 1 saturated heterocycles. The molecule has 9 nitrogen and oxygen atoms in total. The third kappa shape index (κ3) is 5.07. The van der Waals surface area contributed by atoms with Gasteiger partial charge in [-0.15, -0.1) is 8.78 Å². The Bertz CT molecular complexity index is 1330. The molecule has 38 heavy (non-hydrogen) atoms. The maximum Gasteiger partial charge on any atom is 0.586 e. The average molecular weight is 556 g/mol. The molecule has 0 spiro atoms. The Balaban J connectivity index is 1.30. The summed E-state index contributed by atoms with van der Waals surface area (Å²) in [4.78, 5) is 23.2. The monoisotopic (exact) mass is 555 g/mol. The molecule has 1 aromatic carbocycles. The number of fused-ring (bicyclic) bond motifs is 2. The summed E-state index contributed by atoms with van der Waals surface area (Å²) in [6, 6.07) is 3.60. The minimum absolute atomic E-state index is 0.0283. The Labute approximate surface area is 219 Å². The number of carbonyl (C=O) groups is 1. The molecule has 1 amide bonds. The van der Waals surface area contributed by atoms with Crippen molar-refractivity contribution >= 4 is 32.6 Å². The molecule has 0 bridgehead atoms. The minimum atomic E-state index is -3.74. The van der Waals surface area contributed by atoms with E-state index in [1.54, 1.807) is 24.9 Å². The number of thiazole rings is 1. The second kappa shape index (κ2) is 9.82. The van der Waals surface area contributed by atoms with Crippen molar-refractivity contribution in [3.8, 4) is 17.4 Å². The first-order chi connectivity index (χ1) is 18.0. The molecule has 4 heterocycles. The van der Waals surface area contributed by atoms with Crippen LogP contribution in [0.3, 0.4) is 0 Å². The van der Waals surface area contributed by atoms with E-state index in [4.69, 9.17) is 4.74 Å². The van der Waals surface area contributed by atoms with Crippen LogP contribution in [-0.2, 0) is 11.3 Å². The lowest BCUT2D eigenvalue weighted by Crippen LogP contribution is -2.52. The summed E-state index contributed by atoms with van der Waals surface area (Å²) < 4.78 is 71.3. The lowest BCUT2D eigenvalue weighted by molar-refractivity contribution is -0.286. The van der Waals surface area contributed by atoms with Gasteiger partial charge >= 0.3 is 6.29 Å². The average Bonchev–Trinajstić information content (AvgIpc) is 3.38. The van der Waals surface area contributed by atoms with Crippen LogP contribution >= 0.6 is 11.3 Å². The van der Waals surface area contributed by atoms with Gasteiger partial charge in [0, 0.05) is 49.9 Å². The van der Waals surface area contributed by atoms with Crippen molar-refractivity contribution in [2.45, 2.75) is 44.1 Å². The number of amides is 1. The molecule has 14 heteroatoms. The molecule has 5 rings (SSSR count). The third-order valence-electron chi connectivity index (χ3n) is 6.64. The lowest BCUT2D eigenvalue weighted by atomic mass is 9.86. The second-order valence-corrected chi connectivity index (χ2v) is 10.2. The van der Waals surface area contributed by atoms with E-state index in [2.05, 4.69) is 30.1 Å². The highest BCUT2D eigenvalue weighted by molar-refractivity contribution is 7.22. The zero-order valence-corrected chi connectivity index (χ0v) is 21.5. The van der Waals surface area contributed by atoms with E-state index < -0.39 is 36.5 Å². The first-order valence-corrected chi connectivity index (χ1v) is 12.6. The molecule has 204 valence electrons. The maximum atomic E-state index is 15.0. The van der Waals surface area contributed by atoms with Crippen molar-refractivity contribution in [1.29, 1.82) is 0 Å². The molecule has 0 saturated carbocycles. The molecule has 2 aliphatic rings. The fourth-order valence-electron chi connectivity index (χ4n) is 4.64. The summed E-state index contributed by atoms with van der Waals surface area (Å²) in [7, 11) is 3.21. The van der Waals surface area contributed by atoms with Crippen LogP contribution in [0.15, 0.2) is 24.4 Å². The number of likely N-dealkylation sites (tertiary alicyclic amines) is 1. The lowest BCUT2D eigenvalue weighted by Gasteiger charge is -2.40. The number of benzene rings is 1. The van der Waals surface area contributed by atoms with Crippen molar-refractivity contribution in [1.82, 2.24) is 20.2 Å². The highest BCUT2D eigenvalue weighted by Crippen LogP contribution is 2.45. The Morgan fingerprint density at radius 2 is 2.00 bits per heavy atom. The van der Waals surface area contributed by atoms with E-state index in [9.17, 15) is 13.6 Å². The number of nitrogens with one attached hydrogen (secondary N) is 2. The molecule has 2 N–H and O–H groups in total. The first-order valence-electron chi connectivity index (χ1n) is 11.8. The number of anilines is 1. The van der Waals surface area contributed by atoms with Crippen LogP contribution in [0.25, 0.3) is 10.2 Å². The van der Waals surface area contributed by atoms with Gasteiger partial charge in [-0.1, -0.05) is 11.3 Å². The summed E-state index contributed by atoms with van der Waals surface area (Å²) in [6.07, 6.45) is -2.76. The summed E-state index contributed by atoms with van der Waals surface area (Å²) in [5.74, 6) is -4.48. The van der Waals surface area contributed by atoms with Gasteiger partial charge in [0.15, 0.2) is 16.6 Å². The van der Waals surface area contributed by atoms with Crippen LogP contribution in [-0.4, -0.2) is 66.3 Å². The van der Waals surface area contributed by atoms with Gasteiger partial charge in [-0.05, 0) is 25.6 Å². The fraction of sp³-hybridized carbons (Fsp3) is 0.458. The Hall–Kier alpha value is -3.23. The van der Waals surface area contributed by atoms with Crippen molar-refractivity contribution in [3.05, 3.63) is 35.5 Å². The molecule has 0 radical (unpaired) electrons. The maximum absolute atomic E-state index is 15.0. The molecule has 2 aliphatic heterocycles. The summed E-state index contributed by atoms with van der Waals surface area (Å²) in [5, 5.41) is 5.92. The Morgan fingerprint density at radius 3 is 2.71 bits per heavy atom. The third-order valence-corrected chi connectivity index (χ3v) is 7.57. The number of alkyl halides is 4. The molecule has 2 atom stereocenters. The van der Waals surface area contributed by atoms with Crippen LogP contribution < -0.4 is 24.8 Å². The number of carbonyl (C=O) groups excluding carboxylic acids is 1. The SMILES string of the molecule is CNCc1cc(C2CN([C@@H](C)C(=O)Nc3nc4cc5c(cc4s3)OC(F)(F)O5)CCC2(F)F)cnc1OC. The number of ether oxygens (including phenoxy) is 3. The van der Waals surface area contributed by atoms with Crippen molar-refractivity contribution in [3.63, 3.8) is 0 Å². The van der Waals surface area contributed by atoms with E-state index in [1.807, 2.05) is 0 Å². The molecule has 2 aromatic heterocycles. The van der Waals surface area contributed by atoms with Gasteiger partial charge in [-0.2, -0.15) is 0 Å². The van der Waals surface area contributed by atoms with Crippen LogP contribution in [0, 0.1) is 0 Å². The molecule has 3 aromatic rings. The number of hydrogen-bond donors (Lipinski definition) is 2. The normalized spacial score (nSPS) is 20.9. The van der Waals surface area contributed by atoms with E-state index in [1.165, 1.54) is 25.4 Å². The van der Waals surface area contributed by atoms with Crippen LogP contribution in [0.2, 0.25) is 0 Å². The smallest absolute Gasteiger partial charge is 0.481 e. The van der Waals surface area contributed by atoms with Crippen LogP contribution in [0.1, 0.15) is 30.4 Å². The van der Waals surface area contributed by atoms with E-state index in [0.29, 0.717) is 33.8 Å². The van der Waals surface area contributed by atoms with E-state index in [-0.39, 0.29) is 29.7 Å².